The van der Waals surface area contributed by atoms with Gasteiger partial charge in [0, 0.05) is 24.4 Å². The Morgan fingerprint density at radius 1 is 1.12 bits per heavy atom. The monoisotopic (exact) mass is 347 g/mol. The fourth-order valence-corrected chi connectivity index (χ4v) is 3.67. The number of nitrogens with zero attached hydrogens (tertiary/aromatic N) is 1. The lowest BCUT2D eigenvalue weighted by Gasteiger charge is -2.07. The van der Waals surface area contributed by atoms with Gasteiger partial charge >= 0.3 is 0 Å². The molecule has 2 aromatic rings. The molecule has 0 radical (unpaired) electrons. The van der Waals surface area contributed by atoms with E-state index in [4.69, 9.17) is 0 Å². The van der Waals surface area contributed by atoms with Crippen molar-refractivity contribution in [2.45, 2.75) is 51.2 Å². The molecule has 0 saturated carbocycles. The predicted molar refractivity (Wildman–Crippen MR) is 97.8 cm³/mol. The summed E-state index contributed by atoms with van der Waals surface area (Å²) in [6.45, 7) is 3.41. The zero-order chi connectivity index (χ0) is 17.6. The number of carbonyl (C=O) groups excluding carboxylic acids is 1. The van der Waals surface area contributed by atoms with Crippen LogP contribution in [0.2, 0.25) is 0 Å². The molecule has 0 bridgehead atoms. The molecule has 1 aromatic carbocycles. The second kappa shape index (κ2) is 8.38. The minimum absolute atomic E-state index is 0.199. The number of ketones is 1. The molecule has 0 N–H and O–H groups in total. The van der Waals surface area contributed by atoms with Crippen LogP contribution in [0, 0.1) is 0 Å². The van der Waals surface area contributed by atoms with Crippen LogP contribution in [0.3, 0.4) is 0 Å². The molecule has 0 amide bonds. The Morgan fingerprint density at radius 3 is 2.67 bits per heavy atom. The molecule has 0 spiro atoms. The molecule has 1 aromatic heterocycles. The van der Waals surface area contributed by atoms with Crippen molar-refractivity contribution in [1.29, 1.82) is 0 Å². The smallest absolute Gasteiger partial charge is 0.152 e. The van der Waals surface area contributed by atoms with E-state index in [0.717, 1.165) is 29.3 Å². The lowest BCUT2D eigenvalue weighted by atomic mass is 10.0. The van der Waals surface area contributed by atoms with Gasteiger partial charge in [0.25, 0.3) is 0 Å². The maximum Gasteiger partial charge on any atom is 0.152 e. The quantitative estimate of drug-likeness (QED) is 0.648. The summed E-state index contributed by atoms with van der Waals surface area (Å²) < 4.78 is 23.4. The molecule has 0 unspecified atom stereocenters. The SMILES string of the molecule is CC(C)S(=O)(=O)CCCCCC(=O)Cc1ccc2ncccc2c1. The summed E-state index contributed by atoms with van der Waals surface area (Å²) in [5.74, 6) is 0.418. The molecule has 130 valence electrons. The summed E-state index contributed by atoms with van der Waals surface area (Å²) in [6.07, 6.45) is 4.85. The van der Waals surface area contributed by atoms with Gasteiger partial charge in [-0.05, 0) is 50.5 Å². The average molecular weight is 347 g/mol. The summed E-state index contributed by atoms with van der Waals surface area (Å²) in [5.41, 5.74) is 1.93. The first-order valence-corrected chi connectivity index (χ1v) is 10.2. The number of rotatable bonds is 9. The zero-order valence-corrected chi connectivity index (χ0v) is 15.2. The number of Topliss-reactive ketones (excluding diaryl/α,β-unsaturated/α-hetero) is 1. The third-order valence-electron chi connectivity index (χ3n) is 4.17. The van der Waals surface area contributed by atoms with E-state index in [1.54, 1.807) is 20.0 Å². The maximum absolute atomic E-state index is 12.1. The largest absolute Gasteiger partial charge is 0.299 e. The Hall–Kier alpha value is -1.75. The predicted octanol–water partition coefficient (Wildman–Crippen LogP) is 3.73. The second-order valence-corrected chi connectivity index (χ2v) is 9.15. The number of unbranched alkanes of at least 4 members (excludes halogenated alkanes) is 2. The van der Waals surface area contributed by atoms with Gasteiger partial charge in [0.05, 0.1) is 16.5 Å². The molecule has 1 heterocycles. The van der Waals surface area contributed by atoms with Crippen LogP contribution >= 0.6 is 0 Å². The summed E-state index contributed by atoms with van der Waals surface area (Å²) in [6, 6.07) is 9.78. The van der Waals surface area contributed by atoms with Crippen LogP contribution in [0.25, 0.3) is 10.9 Å². The average Bonchev–Trinajstić information content (AvgIpc) is 2.54. The molecule has 0 aliphatic heterocycles. The lowest BCUT2D eigenvalue weighted by molar-refractivity contribution is -0.118. The molecule has 5 heteroatoms. The van der Waals surface area contributed by atoms with Crippen LogP contribution in [-0.2, 0) is 21.1 Å². The van der Waals surface area contributed by atoms with Gasteiger partial charge < -0.3 is 0 Å². The molecule has 0 saturated heterocycles. The summed E-state index contributed by atoms with van der Waals surface area (Å²) in [4.78, 5) is 16.4. The van der Waals surface area contributed by atoms with Gasteiger partial charge in [-0.3, -0.25) is 9.78 Å². The number of aromatic nitrogens is 1. The molecular weight excluding hydrogens is 322 g/mol. The highest BCUT2D eigenvalue weighted by atomic mass is 32.2. The van der Waals surface area contributed by atoms with Crippen LogP contribution in [0.1, 0.15) is 45.1 Å². The molecule has 0 atom stereocenters. The molecule has 0 aliphatic carbocycles. The summed E-state index contributed by atoms with van der Waals surface area (Å²) in [7, 11) is -2.96. The third kappa shape index (κ3) is 5.41. The highest BCUT2D eigenvalue weighted by Gasteiger charge is 2.15. The minimum Gasteiger partial charge on any atom is -0.299 e. The molecule has 4 nitrogen and oxygen atoms in total. The number of hydrogen-bond acceptors (Lipinski definition) is 4. The van der Waals surface area contributed by atoms with E-state index in [2.05, 4.69) is 4.98 Å². The van der Waals surface area contributed by atoms with E-state index in [1.807, 2.05) is 30.3 Å². The van der Waals surface area contributed by atoms with E-state index >= 15 is 0 Å². The van der Waals surface area contributed by atoms with Gasteiger partial charge in [-0.25, -0.2) is 8.42 Å². The Kier molecular flexibility index (Phi) is 6.49. The number of sulfone groups is 1. The standard InChI is InChI=1S/C19H25NO3S/c1-15(2)24(22,23)12-5-3-4-8-18(21)14-16-9-10-19-17(13-16)7-6-11-20-19/h6-7,9-11,13,15H,3-5,8,12,14H2,1-2H3. The third-order valence-corrected chi connectivity index (χ3v) is 6.47. The van der Waals surface area contributed by atoms with E-state index < -0.39 is 9.84 Å². The highest BCUT2D eigenvalue weighted by molar-refractivity contribution is 7.91. The molecule has 0 aliphatic rings. The first-order valence-electron chi connectivity index (χ1n) is 8.45. The van der Waals surface area contributed by atoms with Gasteiger partial charge in [-0.15, -0.1) is 0 Å². The zero-order valence-electron chi connectivity index (χ0n) is 14.4. The van der Waals surface area contributed by atoms with Crippen LogP contribution in [0.4, 0.5) is 0 Å². The van der Waals surface area contributed by atoms with Crippen molar-refractivity contribution in [3.63, 3.8) is 0 Å². The van der Waals surface area contributed by atoms with Crippen molar-refractivity contribution in [1.82, 2.24) is 4.98 Å². The van der Waals surface area contributed by atoms with Gasteiger partial charge in [0.15, 0.2) is 9.84 Å². The summed E-state index contributed by atoms with van der Waals surface area (Å²) in [5, 5.41) is 0.725. The number of fused-ring (bicyclic) bond motifs is 1. The number of hydrogen-bond donors (Lipinski definition) is 0. The lowest BCUT2D eigenvalue weighted by Crippen LogP contribution is -2.17. The van der Waals surface area contributed by atoms with E-state index in [0.29, 0.717) is 19.3 Å². The fraction of sp³-hybridized carbons (Fsp3) is 0.474. The number of pyridine rings is 1. The Labute approximate surface area is 144 Å². The minimum atomic E-state index is -2.96. The van der Waals surface area contributed by atoms with Crippen molar-refractivity contribution in [3.05, 3.63) is 42.1 Å². The van der Waals surface area contributed by atoms with Gasteiger partial charge in [0.1, 0.15) is 5.78 Å². The maximum atomic E-state index is 12.1. The molecule has 2 rings (SSSR count). The molecule has 0 fully saturated rings. The van der Waals surface area contributed by atoms with Crippen molar-refractivity contribution >= 4 is 26.5 Å². The van der Waals surface area contributed by atoms with Crippen molar-refractivity contribution in [2.75, 3.05) is 5.75 Å². The summed E-state index contributed by atoms with van der Waals surface area (Å²) >= 11 is 0. The van der Waals surface area contributed by atoms with E-state index in [1.165, 1.54) is 0 Å². The topological polar surface area (TPSA) is 64.1 Å². The van der Waals surface area contributed by atoms with Gasteiger partial charge in [0.2, 0.25) is 0 Å². The molecular formula is C19H25NO3S. The van der Waals surface area contributed by atoms with Gasteiger partial charge in [-0.1, -0.05) is 18.6 Å². The van der Waals surface area contributed by atoms with Crippen molar-refractivity contribution in [2.24, 2.45) is 0 Å². The van der Waals surface area contributed by atoms with Crippen LogP contribution in [0.5, 0.6) is 0 Å². The molecule has 24 heavy (non-hydrogen) atoms. The number of benzene rings is 1. The normalized spacial score (nSPS) is 12.0. The van der Waals surface area contributed by atoms with E-state index in [-0.39, 0.29) is 16.8 Å². The van der Waals surface area contributed by atoms with Gasteiger partial charge in [-0.2, -0.15) is 0 Å². The van der Waals surface area contributed by atoms with Crippen molar-refractivity contribution in [3.8, 4) is 0 Å². The Balaban J connectivity index is 1.75. The first-order chi connectivity index (χ1) is 11.4. The first kappa shape index (κ1) is 18.6. The number of carbonyl (C=O) groups is 1. The van der Waals surface area contributed by atoms with Crippen LogP contribution in [-0.4, -0.2) is 30.2 Å². The van der Waals surface area contributed by atoms with Crippen LogP contribution < -0.4 is 0 Å². The van der Waals surface area contributed by atoms with Crippen LogP contribution in [0.15, 0.2) is 36.5 Å². The highest BCUT2D eigenvalue weighted by Crippen LogP contribution is 2.15. The Morgan fingerprint density at radius 2 is 1.92 bits per heavy atom. The fourth-order valence-electron chi connectivity index (χ4n) is 2.59. The second-order valence-electron chi connectivity index (χ2n) is 6.47. The van der Waals surface area contributed by atoms with E-state index in [9.17, 15) is 13.2 Å². The Bertz CT molecular complexity index is 797. The van der Waals surface area contributed by atoms with Crippen molar-refractivity contribution < 1.29 is 13.2 Å².